The molecule has 0 unspecified atom stereocenters. The summed E-state index contributed by atoms with van der Waals surface area (Å²) in [6, 6.07) is 16.2. The fourth-order valence-corrected chi connectivity index (χ4v) is 6.13. The molecule has 1 heterocycles. The number of hydrogen-bond donors (Lipinski definition) is 1. The fourth-order valence-electron chi connectivity index (χ4n) is 6.13. The third-order valence-corrected chi connectivity index (χ3v) is 8.08. The molecular formula is C35H42IrNO2-. The van der Waals surface area contributed by atoms with Crippen molar-refractivity contribution >= 4 is 28.8 Å². The Bertz CT molecular complexity index is 1320. The molecule has 1 aromatic heterocycles. The SMILES string of the molecule is C.Cc1[c-]c(-c2cc3c4c(cccc4n2)C=C3)cc(C)c1.O=C(C=C(O)C1CCCCC1)C1CCCCC1.[Ir]. The first-order valence-electron chi connectivity index (χ1n) is 14.0. The van der Waals surface area contributed by atoms with E-state index in [-0.39, 0.29) is 45.2 Å². The van der Waals surface area contributed by atoms with Gasteiger partial charge in [-0.1, -0.05) is 90.2 Å². The number of aromatic nitrogens is 1. The van der Waals surface area contributed by atoms with Crippen LogP contribution in [0.3, 0.4) is 0 Å². The molecular weight excluding hydrogens is 659 g/mol. The number of rotatable bonds is 4. The van der Waals surface area contributed by atoms with Gasteiger partial charge in [-0.25, -0.2) is 0 Å². The largest absolute Gasteiger partial charge is 0.512 e. The van der Waals surface area contributed by atoms with Gasteiger partial charge in [0.05, 0.1) is 11.3 Å². The molecule has 4 heteroatoms. The maximum atomic E-state index is 12.0. The predicted octanol–water partition coefficient (Wildman–Crippen LogP) is 9.59. The molecule has 0 aliphatic heterocycles. The second-order valence-corrected chi connectivity index (χ2v) is 11.1. The van der Waals surface area contributed by atoms with Crippen LogP contribution in [-0.2, 0) is 24.9 Å². The number of aryl methyl sites for hydroxylation is 2. The first-order chi connectivity index (χ1) is 18.0. The molecule has 0 atom stereocenters. The van der Waals surface area contributed by atoms with Crippen LogP contribution >= 0.6 is 0 Å². The summed E-state index contributed by atoms with van der Waals surface area (Å²) >= 11 is 0. The third-order valence-electron chi connectivity index (χ3n) is 8.08. The Hall–Kier alpha value is -2.55. The number of carbonyl (C=O) groups is 1. The van der Waals surface area contributed by atoms with Crippen LogP contribution in [0.1, 0.15) is 93.9 Å². The van der Waals surface area contributed by atoms with Crippen LogP contribution < -0.4 is 0 Å². The van der Waals surface area contributed by atoms with Gasteiger partial charge < -0.3 is 5.11 Å². The molecule has 0 amide bonds. The van der Waals surface area contributed by atoms with E-state index in [1.54, 1.807) is 6.08 Å². The summed E-state index contributed by atoms with van der Waals surface area (Å²) in [5.41, 5.74) is 8.07. The van der Waals surface area contributed by atoms with Crippen molar-refractivity contribution in [3.63, 3.8) is 0 Å². The quantitative estimate of drug-likeness (QED) is 0.131. The number of nitrogens with zero attached hydrogens (tertiary/aromatic N) is 1. The van der Waals surface area contributed by atoms with Crippen LogP contribution in [0.5, 0.6) is 0 Å². The smallest absolute Gasteiger partial charge is 0.162 e. The molecule has 209 valence electrons. The minimum Gasteiger partial charge on any atom is -0.512 e. The number of ketones is 1. The van der Waals surface area contributed by atoms with Gasteiger partial charge in [0.2, 0.25) is 0 Å². The zero-order valence-corrected chi connectivity index (χ0v) is 25.0. The summed E-state index contributed by atoms with van der Waals surface area (Å²) in [7, 11) is 0. The number of pyridine rings is 1. The van der Waals surface area contributed by atoms with Gasteiger partial charge in [0, 0.05) is 43.4 Å². The van der Waals surface area contributed by atoms with E-state index in [1.165, 1.54) is 60.6 Å². The Morgan fingerprint density at radius 3 is 2.21 bits per heavy atom. The van der Waals surface area contributed by atoms with Gasteiger partial charge in [-0.2, -0.15) is 0 Å². The van der Waals surface area contributed by atoms with Crippen molar-refractivity contribution in [1.82, 2.24) is 4.98 Å². The maximum absolute atomic E-state index is 12.0. The topological polar surface area (TPSA) is 50.2 Å². The molecule has 1 N–H and O–H groups in total. The molecule has 3 nitrogen and oxygen atoms in total. The van der Waals surface area contributed by atoms with Gasteiger partial charge in [-0.05, 0) is 48.6 Å². The van der Waals surface area contributed by atoms with E-state index in [2.05, 4.69) is 68.5 Å². The summed E-state index contributed by atoms with van der Waals surface area (Å²) in [4.78, 5) is 16.8. The second-order valence-electron chi connectivity index (χ2n) is 11.1. The summed E-state index contributed by atoms with van der Waals surface area (Å²) in [5.74, 6) is 0.985. The van der Waals surface area contributed by atoms with Gasteiger partial charge in [0.1, 0.15) is 0 Å². The van der Waals surface area contributed by atoms with Crippen LogP contribution in [0.2, 0.25) is 0 Å². The minimum atomic E-state index is 0. The van der Waals surface area contributed by atoms with Crippen molar-refractivity contribution in [2.45, 2.75) is 85.5 Å². The van der Waals surface area contributed by atoms with E-state index in [4.69, 9.17) is 4.98 Å². The fraction of sp³-hybridized carbons (Fsp3) is 0.429. The van der Waals surface area contributed by atoms with Crippen LogP contribution in [0.25, 0.3) is 34.3 Å². The zero-order valence-electron chi connectivity index (χ0n) is 22.6. The molecule has 39 heavy (non-hydrogen) atoms. The van der Waals surface area contributed by atoms with Crippen LogP contribution in [0.4, 0.5) is 0 Å². The standard InChI is InChI=1S/C19H14N.C15H24O2.CH4.Ir/c1-12-8-13(2)10-16(9-12)18-11-15-7-6-14-4-3-5-17(20-18)19(14)15;16-14(12-7-3-1-4-8-12)11-15(17)13-9-5-2-6-10-13;;/h3-9,11H,1-2H3;11-13,16H,1-10H2;1H4;/q-1;;;. The Kier molecular flexibility index (Phi) is 11.3. The Labute approximate surface area is 248 Å². The van der Waals surface area contributed by atoms with Crippen molar-refractivity contribution in [3.8, 4) is 11.3 Å². The monoisotopic (exact) mass is 701 g/mol. The van der Waals surface area contributed by atoms with Crippen molar-refractivity contribution in [2.24, 2.45) is 11.8 Å². The number of allylic oxidation sites excluding steroid dienone is 2. The van der Waals surface area contributed by atoms with E-state index >= 15 is 0 Å². The maximum Gasteiger partial charge on any atom is 0.162 e. The summed E-state index contributed by atoms with van der Waals surface area (Å²) in [6.45, 7) is 4.19. The zero-order chi connectivity index (χ0) is 25.8. The molecule has 6 rings (SSSR count). The molecule has 0 bridgehead atoms. The van der Waals surface area contributed by atoms with E-state index in [9.17, 15) is 9.90 Å². The molecule has 2 aromatic carbocycles. The minimum absolute atomic E-state index is 0. The summed E-state index contributed by atoms with van der Waals surface area (Å²) < 4.78 is 0. The van der Waals surface area contributed by atoms with Gasteiger partial charge in [0.25, 0.3) is 0 Å². The Morgan fingerprint density at radius 1 is 0.897 bits per heavy atom. The van der Waals surface area contributed by atoms with Crippen LogP contribution in [-0.4, -0.2) is 15.9 Å². The molecule has 2 saturated carbocycles. The molecule has 3 aliphatic carbocycles. The molecule has 3 aromatic rings. The molecule has 2 fully saturated rings. The van der Waals surface area contributed by atoms with Crippen molar-refractivity contribution in [3.05, 3.63) is 76.6 Å². The van der Waals surface area contributed by atoms with Crippen molar-refractivity contribution < 1.29 is 30.0 Å². The van der Waals surface area contributed by atoms with Gasteiger partial charge >= 0.3 is 0 Å². The Balaban J connectivity index is 0.000000208. The van der Waals surface area contributed by atoms with Gasteiger partial charge in [-0.3, -0.25) is 9.78 Å². The molecule has 3 aliphatic rings. The average molecular weight is 701 g/mol. The first-order valence-corrected chi connectivity index (χ1v) is 14.0. The summed E-state index contributed by atoms with van der Waals surface area (Å²) in [6.07, 6.45) is 17.3. The van der Waals surface area contributed by atoms with E-state index in [0.29, 0.717) is 5.76 Å². The van der Waals surface area contributed by atoms with Crippen LogP contribution in [0.15, 0.2) is 48.2 Å². The number of aliphatic hydroxyl groups is 1. The molecule has 0 spiro atoms. The van der Waals surface area contributed by atoms with Crippen LogP contribution in [0, 0.1) is 31.7 Å². The molecule has 0 saturated heterocycles. The first kappa shape index (κ1) is 31.0. The van der Waals surface area contributed by atoms with Crippen molar-refractivity contribution in [1.29, 1.82) is 0 Å². The number of hydrogen-bond acceptors (Lipinski definition) is 3. The second kappa shape index (κ2) is 14.2. The number of aliphatic hydroxyl groups excluding tert-OH is 1. The van der Waals surface area contributed by atoms with E-state index in [0.717, 1.165) is 48.0 Å². The van der Waals surface area contributed by atoms with Crippen molar-refractivity contribution in [2.75, 3.05) is 0 Å². The van der Waals surface area contributed by atoms with Gasteiger partial charge in [0.15, 0.2) is 5.78 Å². The Morgan fingerprint density at radius 2 is 1.54 bits per heavy atom. The predicted molar refractivity (Wildman–Crippen MR) is 160 cm³/mol. The third kappa shape index (κ3) is 7.56. The van der Waals surface area contributed by atoms with E-state index in [1.807, 2.05) is 0 Å². The average Bonchev–Trinajstić information content (AvgIpc) is 3.34. The normalized spacial score (nSPS) is 17.1. The number of carbonyl (C=O) groups excluding carboxylic acids is 1. The summed E-state index contributed by atoms with van der Waals surface area (Å²) in [5, 5.41) is 11.3. The van der Waals surface area contributed by atoms with Gasteiger partial charge in [-0.15, -0.1) is 34.9 Å². The molecule has 1 radical (unpaired) electrons. The van der Waals surface area contributed by atoms with E-state index < -0.39 is 0 Å². The number of benzene rings is 2.